The van der Waals surface area contributed by atoms with Gasteiger partial charge in [-0.15, -0.1) is 6.58 Å². The number of methoxy groups -OCH3 is 2. The van der Waals surface area contributed by atoms with Crippen LogP contribution >= 0.6 is 0 Å². The van der Waals surface area contributed by atoms with E-state index in [9.17, 15) is 4.79 Å². The molecule has 1 aromatic carbocycles. The number of rotatable bonds is 7. The summed E-state index contributed by atoms with van der Waals surface area (Å²) in [6.45, 7) is 6.10. The van der Waals surface area contributed by atoms with Gasteiger partial charge in [-0.2, -0.15) is 0 Å². The highest BCUT2D eigenvalue weighted by Gasteiger charge is 2.51. The SMILES string of the molecule is C=CC[C@@H]1C[C@]2([C@H](C)Cc3ccc(OC)c(OC)c3)OCOC2=CC1=O. The van der Waals surface area contributed by atoms with Crippen molar-refractivity contribution >= 4 is 5.78 Å². The average Bonchev–Trinajstić information content (AvgIpc) is 3.06. The fourth-order valence-corrected chi connectivity index (χ4v) is 3.94. The Hall–Kier alpha value is -2.27. The van der Waals surface area contributed by atoms with Crippen molar-refractivity contribution in [2.75, 3.05) is 21.0 Å². The van der Waals surface area contributed by atoms with Gasteiger partial charge in [-0.3, -0.25) is 4.79 Å². The molecule has 0 saturated carbocycles. The third-order valence-electron chi connectivity index (χ3n) is 5.41. The lowest BCUT2D eigenvalue weighted by Crippen LogP contribution is -2.44. The number of ketones is 1. The van der Waals surface area contributed by atoms with E-state index in [1.165, 1.54) is 0 Å². The van der Waals surface area contributed by atoms with Gasteiger partial charge in [-0.25, -0.2) is 0 Å². The second-order valence-corrected chi connectivity index (χ2v) is 6.93. The minimum Gasteiger partial charge on any atom is -0.493 e. The molecule has 0 unspecified atom stereocenters. The summed E-state index contributed by atoms with van der Waals surface area (Å²) in [5.74, 6) is 2.20. The summed E-state index contributed by atoms with van der Waals surface area (Å²) in [7, 11) is 3.25. The van der Waals surface area contributed by atoms with E-state index in [-0.39, 0.29) is 24.4 Å². The molecule has 0 spiro atoms. The van der Waals surface area contributed by atoms with Crippen molar-refractivity contribution in [1.82, 2.24) is 0 Å². The molecule has 1 aromatic rings. The first-order valence-electron chi connectivity index (χ1n) is 8.88. The number of allylic oxidation sites excluding steroid dienone is 2. The highest BCUT2D eigenvalue weighted by atomic mass is 16.7. The Morgan fingerprint density at radius 2 is 2.12 bits per heavy atom. The van der Waals surface area contributed by atoms with Crippen LogP contribution in [0.3, 0.4) is 0 Å². The summed E-state index contributed by atoms with van der Waals surface area (Å²) in [4.78, 5) is 12.3. The zero-order chi connectivity index (χ0) is 18.7. The van der Waals surface area contributed by atoms with Crippen LogP contribution in [0.2, 0.25) is 0 Å². The van der Waals surface area contributed by atoms with E-state index in [1.54, 1.807) is 26.4 Å². The number of ether oxygens (including phenoxy) is 4. The smallest absolute Gasteiger partial charge is 0.189 e. The molecule has 5 heteroatoms. The maximum absolute atomic E-state index is 12.3. The summed E-state index contributed by atoms with van der Waals surface area (Å²) >= 11 is 0. The Morgan fingerprint density at radius 1 is 1.35 bits per heavy atom. The third-order valence-corrected chi connectivity index (χ3v) is 5.41. The number of fused-ring (bicyclic) bond motifs is 1. The number of benzene rings is 1. The van der Waals surface area contributed by atoms with Crippen molar-refractivity contribution < 1.29 is 23.7 Å². The summed E-state index contributed by atoms with van der Waals surface area (Å²) < 4.78 is 22.4. The Morgan fingerprint density at radius 3 is 2.81 bits per heavy atom. The number of carbonyl (C=O) groups excluding carboxylic acids is 1. The lowest BCUT2D eigenvalue weighted by atomic mass is 9.71. The monoisotopic (exact) mass is 358 g/mol. The molecule has 5 nitrogen and oxygen atoms in total. The Bertz CT molecular complexity index is 723. The van der Waals surface area contributed by atoms with Crippen molar-refractivity contribution in [3.63, 3.8) is 0 Å². The summed E-state index contributed by atoms with van der Waals surface area (Å²) in [6, 6.07) is 5.93. The van der Waals surface area contributed by atoms with Crippen LogP contribution in [0.4, 0.5) is 0 Å². The molecule has 1 saturated heterocycles. The standard InChI is InChI=1S/C21H26O5/c1-5-6-16-12-21(20(11-17(16)22)25-13-26-21)14(2)9-15-7-8-18(23-3)19(10-15)24-4/h5,7-8,10-11,14,16H,1,6,9,12-13H2,2-4H3/t14-,16-,21-/m1/s1. The molecule has 26 heavy (non-hydrogen) atoms. The van der Waals surface area contributed by atoms with Gasteiger partial charge in [0.1, 0.15) is 11.4 Å². The van der Waals surface area contributed by atoms with Gasteiger partial charge in [0.2, 0.25) is 0 Å². The van der Waals surface area contributed by atoms with E-state index < -0.39 is 5.60 Å². The first kappa shape index (κ1) is 18.5. The molecule has 0 amide bonds. The molecule has 1 fully saturated rings. The Kier molecular flexibility index (Phi) is 5.37. The van der Waals surface area contributed by atoms with Gasteiger partial charge in [0, 0.05) is 12.0 Å². The zero-order valence-electron chi connectivity index (χ0n) is 15.6. The van der Waals surface area contributed by atoms with Crippen LogP contribution in [0.25, 0.3) is 0 Å². The number of carbonyl (C=O) groups is 1. The van der Waals surface area contributed by atoms with Crippen molar-refractivity contribution in [2.45, 2.75) is 31.8 Å². The van der Waals surface area contributed by atoms with Crippen molar-refractivity contribution in [3.05, 3.63) is 48.3 Å². The van der Waals surface area contributed by atoms with Crippen molar-refractivity contribution in [2.24, 2.45) is 11.8 Å². The van der Waals surface area contributed by atoms with Crippen LogP contribution in [-0.4, -0.2) is 32.4 Å². The predicted molar refractivity (Wildman–Crippen MR) is 98.2 cm³/mol. The van der Waals surface area contributed by atoms with Crippen molar-refractivity contribution in [1.29, 1.82) is 0 Å². The third kappa shape index (κ3) is 3.23. The molecule has 140 valence electrons. The van der Waals surface area contributed by atoms with Gasteiger partial charge in [-0.05, 0) is 42.9 Å². The van der Waals surface area contributed by atoms with Crippen molar-refractivity contribution in [3.8, 4) is 11.5 Å². The molecule has 0 N–H and O–H groups in total. The number of hydrogen-bond acceptors (Lipinski definition) is 5. The van der Waals surface area contributed by atoms with E-state index >= 15 is 0 Å². The van der Waals surface area contributed by atoms with Crippen LogP contribution in [0.5, 0.6) is 11.5 Å². The predicted octanol–water partition coefficient (Wildman–Crippen LogP) is 3.67. The fraction of sp³-hybridized carbons (Fsp3) is 0.476. The summed E-state index contributed by atoms with van der Waals surface area (Å²) in [5, 5.41) is 0. The maximum atomic E-state index is 12.3. The molecular weight excluding hydrogens is 332 g/mol. The van der Waals surface area contributed by atoms with Gasteiger partial charge in [-0.1, -0.05) is 19.1 Å². The molecule has 1 aliphatic carbocycles. The van der Waals surface area contributed by atoms with Gasteiger partial charge < -0.3 is 18.9 Å². The van der Waals surface area contributed by atoms with Crippen LogP contribution in [-0.2, 0) is 20.7 Å². The average molecular weight is 358 g/mol. The molecule has 0 bridgehead atoms. The molecule has 1 aliphatic heterocycles. The zero-order valence-corrected chi connectivity index (χ0v) is 15.6. The molecule has 0 radical (unpaired) electrons. The maximum Gasteiger partial charge on any atom is 0.189 e. The molecule has 0 aromatic heterocycles. The molecule has 3 rings (SSSR count). The lowest BCUT2D eigenvalue weighted by Gasteiger charge is -2.38. The largest absolute Gasteiger partial charge is 0.493 e. The molecule has 1 heterocycles. The van der Waals surface area contributed by atoms with E-state index in [2.05, 4.69) is 13.5 Å². The summed E-state index contributed by atoms with van der Waals surface area (Å²) in [5.41, 5.74) is 0.561. The molecule has 3 atom stereocenters. The fourth-order valence-electron chi connectivity index (χ4n) is 3.94. The van der Waals surface area contributed by atoms with E-state index in [1.807, 2.05) is 18.2 Å². The second kappa shape index (κ2) is 7.54. The van der Waals surface area contributed by atoms with Gasteiger partial charge in [0.25, 0.3) is 0 Å². The van der Waals surface area contributed by atoms with E-state index in [0.717, 1.165) is 12.0 Å². The highest BCUT2D eigenvalue weighted by molar-refractivity contribution is 5.93. The number of hydrogen-bond donors (Lipinski definition) is 0. The van der Waals surface area contributed by atoms with E-state index in [0.29, 0.717) is 30.1 Å². The van der Waals surface area contributed by atoms with Crippen LogP contribution in [0.1, 0.15) is 25.3 Å². The van der Waals surface area contributed by atoms with Gasteiger partial charge >= 0.3 is 0 Å². The topological polar surface area (TPSA) is 54.0 Å². The quantitative estimate of drug-likeness (QED) is 0.696. The first-order valence-corrected chi connectivity index (χ1v) is 8.88. The minimum atomic E-state index is -0.561. The van der Waals surface area contributed by atoms with Crippen LogP contribution in [0, 0.1) is 11.8 Å². The Labute approximate surface area is 154 Å². The highest BCUT2D eigenvalue weighted by Crippen LogP contribution is 2.46. The van der Waals surface area contributed by atoms with Gasteiger partial charge in [0.05, 0.1) is 14.2 Å². The first-order chi connectivity index (χ1) is 12.5. The second-order valence-electron chi connectivity index (χ2n) is 6.93. The molecular formula is C21H26O5. The summed E-state index contributed by atoms with van der Waals surface area (Å²) in [6.07, 6.45) is 5.46. The van der Waals surface area contributed by atoms with Crippen LogP contribution < -0.4 is 9.47 Å². The normalized spacial score (nSPS) is 25.7. The minimum absolute atomic E-state index is 0.0966. The Balaban J connectivity index is 1.86. The van der Waals surface area contributed by atoms with E-state index in [4.69, 9.17) is 18.9 Å². The van der Waals surface area contributed by atoms with Crippen LogP contribution in [0.15, 0.2) is 42.7 Å². The van der Waals surface area contributed by atoms with Gasteiger partial charge in [0.15, 0.2) is 24.1 Å². The lowest BCUT2D eigenvalue weighted by molar-refractivity contribution is -0.123. The molecule has 2 aliphatic rings.